The van der Waals surface area contributed by atoms with Crippen molar-refractivity contribution in [3.63, 3.8) is 0 Å². The number of benzene rings is 1. The zero-order valence-electron chi connectivity index (χ0n) is 10.7. The molecule has 0 bridgehead atoms. The van der Waals surface area contributed by atoms with Gasteiger partial charge >= 0.3 is 0 Å². The molecule has 1 aromatic carbocycles. The van der Waals surface area contributed by atoms with Gasteiger partial charge in [0.25, 0.3) is 0 Å². The molecule has 0 aliphatic rings. The number of nitrogen functional groups attached to an aromatic ring is 1. The van der Waals surface area contributed by atoms with Gasteiger partial charge in [0.1, 0.15) is 5.82 Å². The fourth-order valence-electron chi connectivity index (χ4n) is 2.29. The molecule has 0 fully saturated rings. The van der Waals surface area contributed by atoms with Crippen molar-refractivity contribution in [2.75, 3.05) is 5.73 Å². The second-order valence-electron chi connectivity index (χ2n) is 4.56. The van der Waals surface area contributed by atoms with Gasteiger partial charge in [-0.25, -0.2) is 9.37 Å². The van der Waals surface area contributed by atoms with Crippen LogP contribution >= 0.6 is 22.6 Å². The predicted octanol–water partition coefficient (Wildman–Crippen LogP) is 3.37. The van der Waals surface area contributed by atoms with Gasteiger partial charge in [0, 0.05) is 18.5 Å². The normalized spacial score (nSPS) is 12.8. The van der Waals surface area contributed by atoms with Crippen LogP contribution in [0.3, 0.4) is 0 Å². The summed E-state index contributed by atoms with van der Waals surface area (Å²) < 4.78 is 16.2. The van der Waals surface area contributed by atoms with Crippen molar-refractivity contribution in [1.82, 2.24) is 14.5 Å². The number of hydrogen-bond acceptors (Lipinski definition) is 3. The van der Waals surface area contributed by atoms with Gasteiger partial charge in [-0.15, -0.1) is 0 Å². The molecular formula is C14H12FIN4. The third-order valence-corrected chi connectivity index (χ3v) is 4.14. The molecule has 0 radical (unpaired) electrons. The topological polar surface area (TPSA) is 56.7 Å². The molecule has 2 N–H and O–H groups in total. The number of pyridine rings is 1. The molecule has 0 spiro atoms. The Morgan fingerprint density at radius 1 is 1.40 bits per heavy atom. The Kier molecular flexibility index (Phi) is 3.33. The van der Waals surface area contributed by atoms with Gasteiger partial charge in [-0.05, 0) is 47.2 Å². The molecule has 3 aromatic rings. The molecule has 2 heterocycles. The van der Waals surface area contributed by atoms with Crippen LogP contribution in [0.15, 0.2) is 36.7 Å². The van der Waals surface area contributed by atoms with E-state index >= 15 is 0 Å². The van der Waals surface area contributed by atoms with Gasteiger partial charge in [0.15, 0.2) is 0 Å². The maximum absolute atomic E-state index is 13.8. The molecule has 0 saturated carbocycles. The van der Waals surface area contributed by atoms with Gasteiger partial charge in [-0.3, -0.25) is 4.98 Å². The molecule has 20 heavy (non-hydrogen) atoms. The van der Waals surface area contributed by atoms with Crippen molar-refractivity contribution in [2.24, 2.45) is 0 Å². The van der Waals surface area contributed by atoms with Gasteiger partial charge in [-0.1, -0.05) is 6.07 Å². The monoisotopic (exact) mass is 382 g/mol. The van der Waals surface area contributed by atoms with Crippen LogP contribution in [0, 0.1) is 9.39 Å². The summed E-state index contributed by atoms with van der Waals surface area (Å²) in [4.78, 5) is 8.42. The van der Waals surface area contributed by atoms with Crippen molar-refractivity contribution in [3.8, 4) is 0 Å². The highest BCUT2D eigenvalue weighted by molar-refractivity contribution is 14.1. The summed E-state index contributed by atoms with van der Waals surface area (Å²) in [6.45, 7) is 1.99. The largest absolute Gasteiger partial charge is 0.369 e. The molecule has 4 nitrogen and oxygen atoms in total. The number of rotatable bonds is 2. The summed E-state index contributed by atoms with van der Waals surface area (Å²) in [7, 11) is 0. The van der Waals surface area contributed by atoms with E-state index in [0.717, 1.165) is 5.56 Å². The predicted molar refractivity (Wildman–Crippen MR) is 84.9 cm³/mol. The number of fused-ring (bicyclic) bond motifs is 1. The second kappa shape index (κ2) is 5.01. The van der Waals surface area contributed by atoms with Crippen LogP contribution < -0.4 is 5.73 Å². The first kappa shape index (κ1) is 13.3. The molecule has 0 saturated heterocycles. The van der Waals surface area contributed by atoms with E-state index in [-0.39, 0.29) is 11.9 Å². The van der Waals surface area contributed by atoms with Gasteiger partial charge in [0.2, 0.25) is 5.95 Å². The zero-order chi connectivity index (χ0) is 14.3. The number of imidazole rings is 1. The molecule has 0 amide bonds. The fraction of sp³-hybridized carbons (Fsp3) is 0.143. The second-order valence-corrected chi connectivity index (χ2v) is 5.72. The van der Waals surface area contributed by atoms with Crippen molar-refractivity contribution in [2.45, 2.75) is 13.0 Å². The van der Waals surface area contributed by atoms with Crippen molar-refractivity contribution in [1.29, 1.82) is 0 Å². The maximum atomic E-state index is 13.8. The van der Waals surface area contributed by atoms with Crippen molar-refractivity contribution in [3.05, 3.63) is 51.6 Å². The van der Waals surface area contributed by atoms with Gasteiger partial charge < -0.3 is 10.3 Å². The molecule has 6 heteroatoms. The summed E-state index contributed by atoms with van der Waals surface area (Å²) in [6.07, 6.45) is 3.49. The van der Waals surface area contributed by atoms with E-state index in [9.17, 15) is 4.39 Å². The Labute approximate surface area is 129 Å². The van der Waals surface area contributed by atoms with Crippen LogP contribution in [0.25, 0.3) is 11.0 Å². The number of anilines is 1. The molecule has 2 aromatic heterocycles. The molecule has 1 unspecified atom stereocenters. The Morgan fingerprint density at radius 2 is 2.20 bits per heavy atom. The van der Waals surface area contributed by atoms with Crippen LogP contribution in [0.4, 0.5) is 10.3 Å². The van der Waals surface area contributed by atoms with E-state index in [1.807, 2.05) is 46.2 Å². The standard InChI is InChI=1S/C14H12FIN4/c1-8(9-3-2-4-18-7-9)20-13-5-10(15)11(16)6-12(13)19-14(20)17/h2-8H,1H3,(H2,17,19). The number of halogens is 2. The van der Waals surface area contributed by atoms with E-state index < -0.39 is 0 Å². The van der Waals surface area contributed by atoms with Gasteiger partial charge in [-0.2, -0.15) is 0 Å². The van der Waals surface area contributed by atoms with E-state index in [2.05, 4.69) is 9.97 Å². The summed E-state index contributed by atoms with van der Waals surface area (Å²) >= 11 is 1.95. The van der Waals surface area contributed by atoms with E-state index in [1.54, 1.807) is 18.5 Å². The molecule has 0 aliphatic heterocycles. The lowest BCUT2D eigenvalue weighted by Gasteiger charge is -2.16. The summed E-state index contributed by atoms with van der Waals surface area (Å²) in [6, 6.07) is 6.95. The Balaban J connectivity index is 2.21. The molecule has 1 atom stereocenters. The Morgan fingerprint density at radius 3 is 2.90 bits per heavy atom. The average Bonchev–Trinajstić information content (AvgIpc) is 2.75. The Bertz CT molecular complexity index is 770. The van der Waals surface area contributed by atoms with Crippen LogP contribution in [0.5, 0.6) is 0 Å². The minimum Gasteiger partial charge on any atom is -0.369 e. The van der Waals surface area contributed by atoms with E-state index in [0.29, 0.717) is 20.6 Å². The number of aromatic nitrogens is 3. The minimum atomic E-state index is -0.266. The third kappa shape index (κ3) is 2.13. The highest BCUT2D eigenvalue weighted by Crippen LogP contribution is 2.28. The van der Waals surface area contributed by atoms with Crippen LogP contribution in [0.2, 0.25) is 0 Å². The summed E-state index contributed by atoms with van der Waals surface area (Å²) in [5.74, 6) is 0.107. The number of nitrogens with zero attached hydrogens (tertiary/aromatic N) is 3. The van der Waals surface area contributed by atoms with E-state index in [4.69, 9.17) is 5.73 Å². The number of hydrogen-bond donors (Lipinski definition) is 1. The maximum Gasteiger partial charge on any atom is 0.201 e. The lowest BCUT2D eigenvalue weighted by atomic mass is 10.1. The molecule has 102 valence electrons. The van der Waals surface area contributed by atoms with Crippen molar-refractivity contribution < 1.29 is 4.39 Å². The highest BCUT2D eigenvalue weighted by atomic mass is 127. The average molecular weight is 382 g/mol. The summed E-state index contributed by atoms with van der Waals surface area (Å²) in [5, 5.41) is 0. The SMILES string of the molecule is CC(c1cccnc1)n1c(N)nc2cc(I)c(F)cc21. The number of nitrogens with two attached hydrogens (primary N) is 1. The quantitative estimate of drug-likeness (QED) is 0.692. The Hall–Kier alpha value is -1.70. The first-order valence-corrected chi connectivity index (χ1v) is 7.18. The minimum absolute atomic E-state index is 0.0619. The first-order chi connectivity index (χ1) is 9.58. The van der Waals surface area contributed by atoms with Crippen LogP contribution in [-0.2, 0) is 0 Å². The zero-order valence-corrected chi connectivity index (χ0v) is 12.9. The van der Waals surface area contributed by atoms with Crippen LogP contribution in [0.1, 0.15) is 18.5 Å². The summed E-state index contributed by atoms with van der Waals surface area (Å²) in [5.41, 5.74) is 8.39. The lowest BCUT2D eigenvalue weighted by molar-refractivity contribution is 0.618. The van der Waals surface area contributed by atoms with Crippen LogP contribution in [-0.4, -0.2) is 14.5 Å². The van der Waals surface area contributed by atoms with Gasteiger partial charge in [0.05, 0.1) is 20.6 Å². The fourth-order valence-corrected chi connectivity index (χ4v) is 2.74. The highest BCUT2D eigenvalue weighted by Gasteiger charge is 2.17. The molecule has 3 rings (SSSR count). The van der Waals surface area contributed by atoms with Crippen molar-refractivity contribution >= 4 is 39.6 Å². The molecular weight excluding hydrogens is 370 g/mol. The molecule has 0 aliphatic carbocycles. The lowest BCUT2D eigenvalue weighted by Crippen LogP contribution is -2.10. The van der Waals surface area contributed by atoms with E-state index in [1.165, 1.54) is 6.07 Å². The third-order valence-electron chi connectivity index (χ3n) is 3.31. The smallest absolute Gasteiger partial charge is 0.201 e. The first-order valence-electron chi connectivity index (χ1n) is 6.10.